The molecule has 0 aliphatic carbocycles. The van der Waals surface area contributed by atoms with E-state index in [9.17, 15) is 4.79 Å². The molecule has 0 radical (unpaired) electrons. The van der Waals surface area contributed by atoms with Gasteiger partial charge in [-0.1, -0.05) is 12.1 Å². The number of nitrogens with zero attached hydrogens (tertiary/aromatic N) is 1. The molecule has 3 rings (SSSR count). The van der Waals surface area contributed by atoms with Crippen molar-refractivity contribution in [3.63, 3.8) is 0 Å². The molecule has 0 bridgehead atoms. The van der Waals surface area contributed by atoms with E-state index in [4.69, 9.17) is 4.74 Å². The first-order chi connectivity index (χ1) is 9.58. The molecule has 2 heterocycles. The monoisotopic (exact) mass is 335 g/mol. The van der Waals surface area contributed by atoms with Crippen LogP contribution < -0.4 is 10.1 Å². The van der Waals surface area contributed by atoms with Gasteiger partial charge >= 0.3 is 0 Å². The molecule has 0 saturated heterocycles. The lowest BCUT2D eigenvalue weighted by Crippen LogP contribution is -2.29. The van der Waals surface area contributed by atoms with Gasteiger partial charge in [0.2, 0.25) is 0 Å². The number of amides is 1. The van der Waals surface area contributed by atoms with Crippen LogP contribution in [0.2, 0.25) is 0 Å². The number of aromatic nitrogens is 2. The molecular formula is C14H14BrN3O2. The van der Waals surface area contributed by atoms with Crippen LogP contribution in [0.25, 0.3) is 0 Å². The van der Waals surface area contributed by atoms with Gasteiger partial charge in [0.1, 0.15) is 18.1 Å². The highest BCUT2D eigenvalue weighted by atomic mass is 79.9. The zero-order chi connectivity index (χ0) is 14.3. The number of nitrogens with one attached hydrogen (secondary N) is 2. The summed E-state index contributed by atoms with van der Waals surface area (Å²) in [5, 5.41) is 9.46. The van der Waals surface area contributed by atoms with Gasteiger partial charge < -0.3 is 10.1 Å². The number of aryl methyl sites for hydroxylation is 1. The summed E-state index contributed by atoms with van der Waals surface area (Å²) in [6.45, 7) is 4.54. The number of halogens is 1. The standard InChI is InChI=1S/C14H14BrN3O2/c1-7-3-4-9-11(6-20-13(9)8(7)2)17-14(19)12-10(15)5-16-18-12/h3-5,11H,6H2,1-2H3,(H,16,18)(H,17,19). The lowest BCUT2D eigenvalue weighted by molar-refractivity contribution is 0.0924. The average Bonchev–Trinajstić information content (AvgIpc) is 3.01. The molecule has 0 spiro atoms. The van der Waals surface area contributed by atoms with Crippen LogP contribution >= 0.6 is 15.9 Å². The van der Waals surface area contributed by atoms with E-state index in [1.165, 1.54) is 5.56 Å². The van der Waals surface area contributed by atoms with Crippen LogP contribution in [-0.4, -0.2) is 22.7 Å². The van der Waals surface area contributed by atoms with E-state index in [2.05, 4.69) is 31.4 Å². The maximum absolute atomic E-state index is 12.2. The normalized spacial score (nSPS) is 16.6. The third-order valence-electron chi connectivity index (χ3n) is 3.60. The molecule has 2 N–H and O–H groups in total. The molecule has 104 valence electrons. The zero-order valence-electron chi connectivity index (χ0n) is 11.2. The fraction of sp³-hybridized carbons (Fsp3) is 0.286. The maximum atomic E-state index is 12.2. The SMILES string of the molecule is Cc1ccc2c(c1C)OCC2NC(=O)c1[nH]ncc1Br. The topological polar surface area (TPSA) is 67.0 Å². The van der Waals surface area contributed by atoms with Crippen molar-refractivity contribution in [1.82, 2.24) is 15.5 Å². The van der Waals surface area contributed by atoms with Gasteiger partial charge in [-0.25, -0.2) is 0 Å². The summed E-state index contributed by atoms with van der Waals surface area (Å²) in [5.41, 5.74) is 3.76. The molecule has 20 heavy (non-hydrogen) atoms. The highest BCUT2D eigenvalue weighted by Crippen LogP contribution is 2.36. The fourth-order valence-corrected chi connectivity index (χ4v) is 2.69. The number of aromatic amines is 1. The Morgan fingerprint density at radius 1 is 1.50 bits per heavy atom. The van der Waals surface area contributed by atoms with Crippen molar-refractivity contribution in [2.75, 3.05) is 6.61 Å². The summed E-state index contributed by atoms with van der Waals surface area (Å²) < 4.78 is 6.37. The Hall–Kier alpha value is -1.82. The Bertz CT molecular complexity index is 681. The van der Waals surface area contributed by atoms with E-state index < -0.39 is 0 Å². The molecular weight excluding hydrogens is 322 g/mol. The van der Waals surface area contributed by atoms with E-state index in [1.807, 2.05) is 26.0 Å². The Morgan fingerprint density at radius 2 is 2.30 bits per heavy atom. The van der Waals surface area contributed by atoms with Gasteiger partial charge in [-0.2, -0.15) is 5.10 Å². The number of hydrogen-bond donors (Lipinski definition) is 2. The maximum Gasteiger partial charge on any atom is 0.271 e. The lowest BCUT2D eigenvalue weighted by atomic mass is 10.0. The van der Waals surface area contributed by atoms with Gasteiger partial charge in [-0.3, -0.25) is 9.89 Å². The Balaban J connectivity index is 1.84. The third kappa shape index (κ3) is 2.10. The number of ether oxygens (including phenoxy) is 1. The Kier molecular flexibility index (Phi) is 3.25. The molecule has 1 aliphatic heterocycles. The molecule has 1 unspecified atom stereocenters. The number of carbonyl (C=O) groups excluding carboxylic acids is 1. The van der Waals surface area contributed by atoms with Crippen molar-refractivity contribution >= 4 is 21.8 Å². The molecule has 0 saturated carbocycles. The second-order valence-corrected chi connectivity index (χ2v) is 5.71. The second-order valence-electron chi connectivity index (χ2n) is 4.86. The van der Waals surface area contributed by atoms with Gasteiger partial charge in [0, 0.05) is 5.56 Å². The quantitative estimate of drug-likeness (QED) is 0.886. The molecule has 1 aromatic carbocycles. The minimum atomic E-state index is -0.200. The van der Waals surface area contributed by atoms with Crippen molar-refractivity contribution in [3.05, 3.63) is 45.2 Å². The molecule has 2 aromatic rings. The zero-order valence-corrected chi connectivity index (χ0v) is 12.7. The van der Waals surface area contributed by atoms with Crippen LogP contribution in [0.5, 0.6) is 5.75 Å². The number of hydrogen-bond acceptors (Lipinski definition) is 3. The van der Waals surface area contributed by atoms with Gasteiger partial charge in [0.25, 0.3) is 5.91 Å². The van der Waals surface area contributed by atoms with Crippen molar-refractivity contribution in [2.24, 2.45) is 0 Å². The predicted molar refractivity (Wildman–Crippen MR) is 77.9 cm³/mol. The van der Waals surface area contributed by atoms with E-state index in [0.717, 1.165) is 16.9 Å². The number of benzene rings is 1. The van der Waals surface area contributed by atoms with Crippen molar-refractivity contribution in [2.45, 2.75) is 19.9 Å². The number of H-pyrrole nitrogens is 1. The number of fused-ring (bicyclic) bond motifs is 1. The van der Waals surface area contributed by atoms with Crippen LogP contribution in [0.3, 0.4) is 0 Å². The second kappa shape index (κ2) is 4.94. The van der Waals surface area contributed by atoms with Crippen LogP contribution in [0.4, 0.5) is 0 Å². The first-order valence-corrected chi connectivity index (χ1v) is 7.10. The number of rotatable bonds is 2. The average molecular weight is 336 g/mol. The predicted octanol–water partition coefficient (Wildman–Crippen LogP) is 2.65. The number of carbonyl (C=O) groups is 1. The van der Waals surface area contributed by atoms with Crippen molar-refractivity contribution in [1.29, 1.82) is 0 Å². The molecule has 5 nitrogen and oxygen atoms in total. The summed E-state index contributed by atoms with van der Waals surface area (Å²) in [7, 11) is 0. The van der Waals surface area contributed by atoms with Crippen LogP contribution in [-0.2, 0) is 0 Å². The third-order valence-corrected chi connectivity index (χ3v) is 4.20. The largest absolute Gasteiger partial charge is 0.490 e. The highest BCUT2D eigenvalue weighted by molar-refractivity contribution is 9.10. The first kappa shape index (κ1) is 13.2. The molecule has 1 amide bonds. The smallest absolute Gasteiger partial charge is 0.271 e. The minimum absolute atomic E-state index is 0.132. The van der Waals surface area contributed by atoms with E-state index in [0.29, 0.717) is 16.8 Å². The van der Waals surface area contributed by atoms with Gasteiger partial charge in [-0.05, 0) is 40.9 Å². The summed E-state index contributed by atoms with van der Waals surface area (Å²) in [5.74, 6) is 0.688. The molecule has 6 heteroatoms. The molecule has 1 aliphatic rings. The van der Waals surface area contributed by atoms with E-state index in [1.54, 1.807) is 6.20 Å². The summed E-state index contributed by atoms with van der Waals surface area (Å²) >= 11 is 3.28. The highest BCUT2D eigenvalue weighted by Gasteiger charge is 2.28. The Labute approximate surface area is 124 Å². The molecule has 0 fully saturated rings. The van der Waals surface area contributed by atoms with Crippen molar-refractivity contribution in [3.8, 4) is 5.75 Å². The van der Waals surface area contributed by atoms with E-state index >= 15 is 0 Å². The van der Waals surface area contributed by atoms with Gasteiger partial charge in [-0.15, -0.1) is 0 Å². The first-order valence-electron chi connectivity index (χ1n) is 6.30. The van der Waals surface area contributed by atoms with Crippen LogP contribution in [0.15, 0.2) is 22.8 Å². The van der Waals surface area contributed by atoms with Crippen LogP contribution in [0.1, 0.15) is 33.2 Å². The van der Waals surface area contributed by atoms with Gasteiger partial charge in [0.05, 0.1) is 16.7 Å². The molecule has 1 aromatic heterocycles. The lowest BCUT2D eigenvalue weighted by Gasteiger charge is -2.11. The summed E-state index contributed by atoms with van der Waals surface area (Å²) in [6.07, 6.45) is 1.56. The molecule has 1 atom stereocenters. The van der Waals surface area contributed by atoms with Crippen LogP contribution in [0, 0.1) is 13.8 Å². The van der Waals surface area contributed by atoms with Crippen molar-refractivity contribution < 1.29 is 9.53 Å². The fourth-order valence-electron chi connectivity index (χ4n) is 2.31. The van der Waals surface area contributed by atoms with E-state index in [-0.39, 0.29) is 11.9 Å². The minimum Gasteiger partial charge on any atom is -0.490 e. The Morgan fingerprint density at radius 3 is 3.00 bits per heavy atom. The van der Waals surface area contributed by atoms with Gasteiger partial charge in [0.15, 0.2) is 0 Å². The summed E-state index contributed by atoms with van der Waals surface area (Å²) in [4.78, 5) is 12.2. The summed E-state index contributed by atoms with van der Waals surface area (Å²) in [6, 6.07) is 3.93.